The molecule has 0 aromatic heterocycles. The number of hydrogen-bond acceptors (Lipinski definition) is 3. The van der Waals surface area contributed by atoms with Crippen molar-refractivity contribution < 1.29 is 19.4 Å². The summed E-state index contributed by atoms with van der Waals surface area (Å²) in [5.41, 5.74) is 2.09. The number of carbonyl (C=O) groups is 2. The van der Waals surface area contributed by atoms with Crippen LogP contribution in [0.2, 0.25) is 0 Å². The highest BCUT2D eigenvalue weighted by atomic mass is 16.5. The largest absolute Gasteiger partial charge is 0.496 e. The lowest BCUT2D eigenvalue weighted by Gasteiger charge is -2.05. The van der Waals surface area contributed by atoms with Gasteiger partial charge in [0.2, 0.25) is 0 Å². The first kappa shape index (κ1) is 15.3. The van der Waals surface area contributed by atoms with Crippen LogP contribution in [0.15, 0.2) is 42.5 Å². The Morgan fingerprint density at radius 3 is 2.14 bits per heavy atom. The molecule has 0 aliphatic carbocycles. The molecule has 0 unspecified atom stereocenters. The Balaban J connectivity index is 2.30. The molecule has 2 aromatic rings. The smallest absolute Gasteiger partial charge is 0.335 e. The van der Waals surface area contributed by atoms with Gasteiger partial charge in [-0.05, 0) is 49.4 Å². The molecule has 2 aromatic carbocycles. The summed E-state index contributed by atoms with van der Waals surface area (Å²) in [6.07, 6.45) is 0. The van der Waals surface area contributed by atoms with Gasteiger partial charge in [-0.3, -0.25) is 4.79 Å². The molecule has 0 atom stereocenters. The molecule has 0 fully saturated rings. The monoisotopic (exact) mass is 294 g/mol. The van der Waals surface area contributed by atoms with Gasteiger partial charge in [-0.1, -0.05) is 11.8 Å². The van der Waals surface area contributed by atoms with Crippen LogP contribution in [-0.4, -0.2) is 24.0 Å². The maximum atomic E-state index is 11.6. The standard InChI is InChI=1S/C18H14O4/c1-12(19)16-11-14(7-10-17(16)22-2)4-3-13-5-8-15(9-6-13)18(20)21/h5-11H,1-2H3,(H,20,21). The van der Waals surface area contributed by atoms with E-state index in [9.17, 15) is 9.59 Å². The number of ketones is 1. The van der Waals surface area contributed by atoms with Gasteiger partial charge in [-0.25, -0.2) is 4.79 Å². The Morgan fingerprint density at radius 2 is 1.59 bits per heavy atom. The molecule has 0 aliphatic heterocycles. The summed E-state index contributed by atoms with van der Waals surface area (Å²) in [6.45, 7) is 1.47. The maximum absolute atomic E-state index is 11.6. The van der Waals surface area contributed by atoms with Gasteiger partial charge in [-0.2, -0.15) is 0 Å². The van der Waals surface area contributed by atoms with Crippen LogP contribution in [-0.2, 0) is 0 Å². The van der Waals surface area contributed by atoms with E-state index < -0.39 is 5.97 Å². The molecule has 0 heterocycles. The lowest BCUT2D eigenvalue weighted by atomic mass is 10.1. The van der Waals surface area contributed by atoms with Gasteiger partial charge in [-0.15, -0.1) is 0 Å². The summed E-state index contributed by atoms with van der Waals surface area (Å²) in [6, 6.07) is 11.4. The number of ether oxygens (including phenoxy) is 1. The van der Waals surface area contributed by atoms with Gasteiger partial charge in [0, 0.05) is 11.1 Å². The van der Waals surface area contributed by atoms with Crippen molar-refractivity contribution in [1.29, 1.82) is 0 Å². The van der Waals surface area contributed by atoms with Crippen LogP contribution in [0.3, 0.4) is 0 Å². The average Bonchev–Trinajstić information content (AvgIpc) is 2.53. The van der Waals surface area contributed by atoms with Crippen LogP contribution in [0.5, 0.6) is 5.75 Å². The number of methoxy groups -OCH3 is 1. The van der Waals surface area contributed by atoms with E-state index in [1.807, 2.05) is 0 Å². The molecule has 2 rings (SSSR count). The fourth-order valence-corrected chi connectivity index (χ4v) is 1.90. The highest BCUT2D eigenvalue weighted by Gasteiger charge is 2.07. The van der Waals surface area contributed by atoms with E-state index in [4.69, 9.17) is 9.84 Å². The zero-order chi connectivity index (χ0) is 16.1. The van der Waals surface area contributed by atoms with Crippen molar-refractivity contribution in [3.05, 3.63) is 64.7 Å². The van der Waals surface area contributed by atoms with Crippen molar-refractivity contribution in [3.63, 3.8) is 0 Å². The quantitative estimate of drug-likeness (QED) is 0.698. The third-order valence-electron chi connectivity index (χ3n) is 3.06. The zero-order valence-electron chi connectivity index (χ0n) is 12.2. The highest BCUT2D eigenvalue weighted by molar-refractivity contribution is 5.97. The molecule has 0 radical (unpaired) electrons. The molecule has 4 heteroatoms. The molecular formula is C18H14O4. The fraction of sp³-hybridized carbons (Fsp3) is 0.111. The van der Waals surface area contributed by atoms with Crippen LogP contribution in [0, 0.1) is 11.8 Å². The van der Waals surface area contributed by atoms with E-state index in [-0.39, 0.29) is 11.3 Å². The van der Waals surface area contributed by atoms with Crippen molar-refractivity contribution >= 4 is 11.8 Å². The minimum atomic E-state index is -0.972. The molecule has 1 N–H and O–H groups in total. The molecule has 0 amide bonds. The number of carbonyl (C=O) groups excluding carboxylic acids is 1. The van der Waals surface area contributed by atoms with Gasteiger partial charge in [0.05, 0.1) is 18.2 Å². The number of carboxylic acids is 1. The van der Waals surface area contributed by atoms with Crippen molar-refractivity contribution in [2.75, 3.05) is 7.11 Å². The Bertz CT molecular complexity index is 777. The summed E-state index contributed by atoms with van der Waals surface area (Å²) < 4.78 is 5.14. The third kappa shape index (κ3) is 3.53. The zero-order valence-corrected chi connectivity index (χ0v) is 12.2. The van der Waals surface area contributed by atoms with E-state index >= 15 is 0 Å². The summed E-state index contributed by atoms with van der Waals surface area (Å²) in [5, 5.41) is 8.84. The number of rotatable bonds is 3. The second-order valence-corrected chi connectivity index (χ2v) is 4.60. The van der Waals surface area contributed by atoms with Crippen LogP contribution in [0.1, 0.15) is 38.8 Å². The van der Waals surface area contributed by atoms with E-state index in [0.717, 1.165) is 0 Å². The van der Waals surface area contributed by atoms with Crippen molar-refractivity contribution in [1.82, 2.24) is 0 Å². The second kappa shape index (κ2) is 6.59. The first-order valence-electron chi connectivity index (χ1n) is 6.55. The molecule has 0 bridgehead atoms. The van der Waals surface area contributed by atoms with E-state index in [1.165, 1.54) is 26.2 Å². The number of carboxylic acid groups (broad SMARTS) is 1. The SMILES string of the molecule is COc1ccc(C#Cc2ccc(C(=O)O)cc2)cc1C(C)=O. The number of hydrogen-bond donors (Lipinski definition) is 1. The van der Waals surface area contributed by atoms with Crippen LogP contribution in [0.4, 0.5) is 0 Å². The molecule has 0 spiro atoms. The minimum Gasteiger partial charge on any atom is -0.496 e. The second-order valence-electron chi connectivity index (χ2n) is 4.60. The predicted molar refractivity (Wildman–Crippen MR) is 82.4 cm³/mol. The van der Waals surface area contributed by atoms with Crippen LogP contribution >= 0.6 is 0 Å². The molecule has 110 valence electrons. The fourth-order valence-electron chi connectivity index (χ4n) is 1.90. The van der Waals surface area contributed by atoms with Gasteiger partial charge in [0.25, 0.3) is 0 Å². The lowest BCUT2D eigenvalue weighted by Crippen LogP contribution is -1.98. The molecule has 22 heavy (non-hydrogen) atoms. The highest BCUT2D eigenvalue weighted by Crippen LogP contribution is 2.20. The van der Waals surface area contributed by atoms with Gasteiger partial charge < -0.3 is 9.84 Å². The lowest BCUT2D eigenvalue weighted by molar-refractivity contribution is 0.0696. The Kier molecular flexibility index (Phi) is 4.60. The predicted octanol–water partition coefficient (Wildman–Crippen LogP) is 3.00. The molecule has 0 aliphatic rings. The van der Waals surface area contributed by atoms with Crippen molar-refractivity contribution in [2.24, 2.45) is 0 Å². The topological polar surface area (TPSA) is 63.6 Å². The Labute approximate surface area is 128 Å². The summed E-state index contributed by atoms with van der Waals surface area (Å²) in [7, 11) is 1.51. The Morgan fingerprint density at radius 1 is 1.00 bits per heavy atom. The first-order valence-corrected chi connectivity index (χ1v) is 6.55. The average molecular weight is 294 g/mol. The normalized spacial score (nSPS) is 9.55. The molecular weight excluding hydrogens is 280 g/mol. The summed E-state index contributed by atoms with van der Waals surface area (Å²) >= 11 is 0. The summed E-state index contributed by atoms with van der Waals surface area (Å²) in [5.74, 6) is 5.34. The van der Waals surface area contributed by atoms with E-state index in [1.54, 1.807) is 30.3 Å². The number of Topliss-reactive ketones (excluding diaryl/α,β-unsaturated/α-hetero) is 1. The van der Waals surface area contributed by atoms with Crippen LogP contribution < -0.4 is 4.74 Å². The van der Waals surface area contributed by atoms with E-state index in [0.29, 0.717) is 22.4 Å². The molecule has 0 saturated heterocycles. The minimum absolute atomic E-state index is 0.0914. The maximum Gasteiger partial charge on any atom is 0.335 e. The first-order chi connectivity index (χ1) is 10.5. The molecule has 0 saturated carbocycles. The summed E-state index contributed by atoms with van der Waals surface area (Å²) in [4.78, 5) is 22.3. The van der Waals surface area contributed by atoms with Crippen molar-refractivity contribution in [3.8, 4) is 17.6 Å². The Hall–Kier alpha value is -3.06. The van der Waals surface area contributed by atoms with E-state index in [2.05, 4.69) is 11.8 Å². The number of benzene rings is 2. The van der Waals surface area contributed by atoms with Crippen LogP contribution in [0.25, 0.3) is 0 Å². The van der Waals surface area contributed by atoms with Gasteiger partial charge in [0.1, 0.15) is 5.75 Å². The number of aromatic carboxylic acids is 1. The van der Waals surface area contributed by atoms with Gasteiger partial charge >= 0.3 is 5.97 Å². The van der Waals surface area contributed by atoms with Crippen molar-refractivity contribution in [2.45, 2.75) is 6.92 Å². The molecule has 4 nitrogen and oxygen atoms in total. The third-order valence-corrected chi connectivity index (χ3v) is 3.06. The van der Waals surface area contributed by atoms with Gasteiger partial charge in [0.15, 0.2) is 5.78 Å².